The molecular formula is C10H26N2O8P2. The monoisotopic (exact) mass is 364 g/mol. The normalized spacial score (nSPS) is 10.6. The second-order valence-corrected chi connectivity index (χ2v) is 5.77. The number of hydrogen-bond acceptors (Lipinski definition) is 4. The maximum Gasteiger partial charge on any atom is 0.466 e. The Morgan fingerprint density at radius 2 is 0.955 bits per heavy atom. The van der Waals surface area contributed by atoms with Crippen LogP contribution in [0.3, 0.4) is 0 Å². The molecule has 0 radical (unpaired) electrons. The van der Waals surface area contributed by atoms with Gasteiger partial charge in [0.05, 0.1) is 0 Å². The Bertz CT molecular complexity index is 304. The highest BCUT2D eigenvalue weighted by atomic mass is 31.2. The molecule has 10 nitrogen and oxygen atoms in total. The average Bonchev–Trinajstić information content (AvgIpc) is 2.28. The molecule has 0 aliphatic heterocycles. The van der Waals surface area contributed by atoms with E-state index in [0.717, 1.165) is 26.2 Å². The maximum absolute atomic E-state index is 8.88. The zero-order chi connectivity index (χ0) is 18.1. The van der Waals surface area contributed by atoms with E-state index in [-0.39, 0.29) is 0 Å². The van der Waals surface area contributed by atoms with Gasteiger partial charge in [0.15, 0.2) is 0 Å². The smallest absolute Gasteiger partial charge is 0.313 e. The molecule has 0 unspecified atom stereocenters. The minimum Gasteiger partial charge on any atom is -0.313 e. The Morgan fingerprint density at radius 3 is 1.14 bits per heavy atom. The number of unbranched alkanes of at least 4 members (excludes halogenated alkanes) is 1. The van der Waals surface area contributed by atoms with Crippen molar-refractivity contribution >= 4 is 15.6 Å². The Morgan fingerprint density at radius 1 is 0.727 bits per heavy atom. The van der Waals surface area contributed by atoms with Crippen molar-refractivity contribution in [3.8, 4) is 0 Å². The molecule has 0 saturated heterocycles. The van der Waals surface area contributed by atoms with E-state index in [4.69, 9.17) is 38.5 Å². The number of rotatable bonds is 9. The first kappa shape index (κ1) is 26.5. The van der Waals surface area contributed by atoms with E-state index < -0.39 is 15.6 Å². The van der Waals surface area contributed by atoms with E-state index in [9.17, 15) is 0 Å². The highest BCUT2D eigenvalue weighted by Gasteiger charge is 2.00. The minimum absolute atomic E-state index is 0.917. The topological polar surface area (TPSA) is 180 Å². The van der Waals surface area contributed by atoms with E-state index in [0.29, 0.717) is 0 Å². The van der Waals surface area contributed by atoms with Gasteiger partial charge in [0.1, 0.15) is 0 Å². The van der Waals surface area contributed by atoms with Crippen LogP contribution in [0.25, 0.3) is 0 Å². The SMILES string of the molecule is C=CCNCCCCNCC=C.O=P(O)(O)O.O=P(O)(O)O. The summed E-state index contributed by atoms with van der Waals surface area (Å²) in [4.78, 5) is 43.1. The van der Waals surface area contributed by atoms with E-state index in [1.165, 1.54) is 12.8 Å². The predicted molar refractivity (Wildman–Crippen MR) is 83.9 cm³/mol. The Kier molecular flexibility index (Phi) is 20.5. The lowest BCUT2D eigenvalue weighted by Gasteiger charge is -2.02. The molecule has 0 bridgehead atoms. The number of phosphoric acid groups is 2. The lowest BCUT2D eigenvalue weighted by Crippen LogP contribution is -2.18. The fraction of sp³-hybridized carbons (Fsp3) is 0.600. The minimum atomic E-state index is -4.64. The molecule has 0 spiro atoms. The molecule has 0 heterocycles. The van der Waals surface area contributed by atoms with Crippen molar-refractivity contribution in [2.75, 3.05) is 26.2 Å². The summed E-state index contributed by atoms with van der Waals surface area (Å²) in [5.41, 5.74) is 0. The van der Waals surface area contributed by atoms with Crippen molar-refractivity contribution in [3.63, 3.8) is 0 Å². The largest absolute Gasteiger partial charge is 0.466 e. The maximum atomic E-state index is 8.88. The molecule has 0 aromatic heterocycles. The van der Waals surface area contributed by atoms with Gasteiger partial charge in [0, 0.05) is 13.1 Å². The fourth-order valence-electron chi connectivity index (χ4n) is 0.908. The molecular weight excluding hydrogens is 338 g/mol. The van der Waals surface area contributed by atoms with E-state index in [1.54, 1.807) is 0 Å². The second-order valence-electron chi connectivity index (χ2n) is 3.72. The number of hydrogen-bond donors (Lipinski definition) is 8. The van der Waals surface area contributed by atoms with Crippen LogP contribution in [-0.2, 0) is 9.13 Å². The molecule has 0 aromatic carbocycles. The Balaban J connectivity index is -0.000000298. The van der Waals surface area contributed by atoms with Gasteiger partial charge < -0.3 is 40.0 Å². The molecule has 0 rings (SSSR count). The molecule has 0 fully saturated rings. The predicted octanol–water partition coefficient (Wildman–Crippen LogP) is -0.539. The molecule has 0 aromatic rings. The third-order valence-electron chi connectivity index (χ3n) is 1.53. The van der Waals surface area contributed by atoms with Crippen molar-refractivity contribution < 1.29 is 38.5 Å². The van der Waals surface area contributed by atoms with Crippen LogP contribution in [0, 0.1) is 0 Å². The first-order valence-electron chi connectivity index (χ1n) is 6.11. The Labute approximate surface area is 130 Å². The van der Waals surface area contributed by atoms with Crippen LogP contribution in [0.4, 0.5) is 0 Å². The first-order chi connectivity index (χ1) is 9.91. The highest BCUT2D eigenvalue weighted by Crippen LogP contribution is 2.26. The summed E-state index contributed by atoms with van der Waals surface area (Å²) in [6.45, 7) is 11.3. The molecule has 0 atom stereocenters. The standard InChI is InChI=1S/C10H20N2.2H3O4P/c1-3-7-11-9-5-6-10-12-8-4-2;2*1-5(2,3)4/h3-4,11-12H,1-2,5-10H2;2*(H3,1,2,3,4). The van der Waals surface area contributed by atoms with E-state index in [1.807, 2.05) is 12.2 Å². The van der Waals surface area contributed by atoms with Crippen LogP contribution in [0.1, 0.15) is 12.8 Å². The molecule has 0 aliphatic carbocycles. The molecule has 134 valence electrons. The van der Waals surface area contributed by atoms with Crippen LogP contribution in [0.5, 0.6) is 0 Å². The summed E-state index contributed by atoms with van der Waals surface area (Å²) >= 11 is 0. The molecule has 0 saturated carbocycles. The third-order valence-corrected chi connectivity index (χ3v) is 1.53. The Hall–Kier alpha value is -0.380. The average molecular weight is 364 g/mol. The zero-order valence-corrected chi connectivity index (χ0v) is 14.0. The third kappa shape index (κ3) is 91.5. The van der Waals surface area contributed by atoms with E-state index >= 15 is 0 Å². The molecule has 0 aliphatic rings. The molecule has 22 heavy (non-hydrogen) atoms. The molecule has 0 amide bonds. The highest BCUT2D eigenvalue weighted by molar-refractivity contribution is 7.45. The van der Waals surface area contributed by atoms with Crippen molar-refractivity contribution in [3.05, 3.63) is 25.3 Å². The fourth-order valence-corrected chi connectivity index (χ4v) is 0.908. The van der Waals surface area contributed by atoms with Gasteiger partial charge in [-0.25, -0.2) is 9.13 Å². The van der Waals surface area contributed by atoms with Gasteiger partial charge in [0.2, 0.25) is 0 Å². The van der Waals surface area contributed by atoms with Crippen LogP contribution in [0.2, 0.25) is 0 Å². The van der Waals surface area contributed by atoms with Crippen molar-refractivity contribution in [1.29, 1.82) is 0 Å². The van der Waals surface area contributed by atoms with Crippen LogP contribution in [-0.4, -0.2) is 55.5 Å². The van der Waals surface area contributed by atoms with Crippen molar-refractivity contribution in [1.82, 2.24) is 10.6 Å². The van der Waals surface area contributed by atoms with Crippen molar-refractivity contribution in [2.24, 2.45) is 0 Å². The van der Waals surface area contributed by atoms with Gasteiger partial charge in [-0.05, 0) is 25.9 Å². The molecule has 8 N–H and O–H groups in total. The molecule has 12 heteroatoms. The zero-order valence-electron chi connectivity index (χ0n) is 12.2. The summed E-state index contributed by atoms with van der Waals surface area (Å²) in [5, 5.41) is 6.52. The lowest BCUT2D eigenvalue weighted by atomic mass is 10.3. The van der Waals surface area contributed by atoms with Gasteiger partial charge in [-0.15, -0.1) is 13.2 Å². The summed E-state index contributed by atoms with van der Waals surface area (Å²) in [6.07, 6.45) is 6.21. The van der Waals surface area contributed by atoms with Crippen LogP contribution >= 0.6 is 15.6 Å². The van der Waals surface area contributed by atoms with Gasteiger partial charge in [-0.2, -0.15) is 0 Å². The summed E-state index contributed by atoms with van der Waals surface area (Å²) in [7, 11) is -9.28. The second kappa shape index (κ2) is 17.0. The quantitative estimate of drug-likeness (QED) is 0.150. The summed E-state index contributed by atoms with van der Waals surface area (Å²) in [5.74, 6) is 0. The van der Waals surface area contributed by atoms with Crippen LogP contribution in [0.15, 0.2) is 25.3 Å². The van der Waals surface area contributed by atoms with E-state index in [2.05, 4.69) is 23.8 Å². The van der Waals surface area contributed by atoms with Gasteiger partial charge in [-0.1, -0.05) is 12.2 Å². The number of nitrogens with one attached hydrogen (secondary N) is 2. The van der Waals surface area contributed by atoms with Gasteiger partial charge in [-0.3, -0.25) is 0 Å². The lowest BCUT2D eigenvalue weighted by molar-refractivity contribution is 0.272. The van der Waals surface area contributed by atoms with Crippen molar-refractivity contribution in [2.45, 2.75) is 12.8 Å². The first-order valence-corrected chi connectivity index (χ1v) is 9.24. The van der Waals surface area contributed by atoms with Gasteiger partial charge >= 0.3 is 15.6 Å². The summed E-state index contributed by atoms with van der Waals surface area (Å²) in [6, 6.07) is 0. The van der Waals surface area contributed by atoms with Gasteiger partial charge in [0.25, 0.3) is 0 Å². The summed E-state index contributed by atoms with van der Waals surface area (Å²) < 4.78 is 17.8. The van der Waals surface area contributed by atoms with Crippen LogP contribution < -0.4 is 10.6 Å².